The third-order valence-corrected chi connectivity index (χ3v) is 4.19. The number of rotatable bonds is 6. The number of aromatic nitrogens is 3. The predicted molar refractivity (Wildman–Crippen MR) is 123 cm³/mol. The van der Waals surface area contributed by atoms with Crippen LogP contribution in [0, 0.1) is 0 Å². The molecule has 7 nitrogen and oxygen atoms in total. The molecule has 0 amide bonds. The third kappa shape index (κ3) is 5.70. The first kappa shape index (κ1) is 22.2. The van der Waals surface area contributed by atoms with Crippen LogP contribution in [0.1, 0.15) is 45.0 Å². The molecule has 0 atom stereocenters. The normalized spacial score (nSPS) is 12.1. The average molecular weight is 496 g/mol. The van der Waals surface area contributed by atoms with E-state index in [1.165, 1.54) is 16.5 Å². The van der Waals surface area contributed by atoms with Gasteiger partial charge in [-0.3, -0.25) is 0 Å². The molecular weight excluding hydrogens is 467 g/mol. The van der Waals surface area contributed by atoms with Gasteiger partial charge < -0.3 is 20.1 Å². The van der Waals surface area contributed by atoms with Gasteiger partial charge in [-0.2, -0.15) is 4.98 Å². The van der Waals surface area contributed by atoms with Gasteiger partial charge in [0.05, 0.1) is 0 Å². The van der Waals surface area contributed by atoms with E-state index < -0.39 is 0 Å². The quantitative estimate of drug-likeness (QED) is 0.275. The third-order valence-electron chi connectivity index (χ3n) is 4.19. The lowest BCUT2D eigenvalue weighted by Gasteiger charge is -2.11. The molecule has 3 aromatic rings. The second kappa shape index (κ2) is 9.90. The van der Waals surface area contributed by atoms with E-state index in [9.17, 15) is 0 Å². The minimum Gasteiger partial charge on any atom is -0.361 e. The first-order chi connectivity index (χ1) is 13.0. The van der Waals surface area contributed by atoms with Gasteiger partial charge in [-0.1, -0.05) is 44.1 Å². The van der Waals surface area contributed by atoms with Crippen LogP contribution in [-0.2, 0) is 18.4 Å². The second-order valence-corrected chi connectivity index (χ2v) is 7.50. The largest absolute Gasteiger partial charge is 0.361 e. The Balaban J connectivity index is 0.00000280. The summed E-state index contributed by atoms with van der Waals surface area (Å²) in [5.74, 6) is 1.97. The van der Waals surface area contributed by atoms with E-state index in [-0.39, 0.29) is 29.4 Å². The van der Waals surface area contributed by atoms with E-state index >= 15 is 0 Å². The highest BCUT2D eigenvalue weighted by molar-refractivity contribution is 14.0. The van der Waals surface area contributed by atoms with E-state index in [2.05, 4.69) is 55.1 Å². The summed E-state index contributed by atoms with van der Waals surface area (Å²) in [5.41, 5.74) is 2.30. The Labute approximate surface area is 182 Å². The van der Waals surface area contributed by atoms with Crippen LogP contribution in [0.2, 0.25) is 0 Å². The smallest absolute Gasteiger partial charge is 0.232 e. The number of halogens is 1. The maximum absolute atomic E-state index is 5.32. The molecule has 0 unspecified atom stereocenters. The number of aromatic amines is 1. The summed E-state index contributed by atoms with van der Waals surface area (Å²) < 4.78 is 5.32. The van der Waals surface area contributed by atoms with E-state index in [0.717, 1.165) is 25.5 Å². The molecule has 3 rings (SSSR count). The number of hydrogen-bond donors (Lipinski definition) is 3. The van der Waals surface area contributed by atoms with E-state index in [1.807, 2.05) is 33.8 Å². The molecule has 0 fully saturated rings. The van der Waals surface area contributed by atoms with Crippen LogP contribution in [0.15, 0.2) is 40.0 Å². The van der Waals surface area contributed by atoms with Gasteiger partial charge in [-0.25, -0.2) is 4.99 Å². The maximum Gasteiger partial charge on any atom is 0.232 e. The molecule has 0 aliphatic carbocycles. The SMILES string of the molecule is CCNC(=NCc1noc(C(C)(C)C)n1)NCCc1c[nH]c2ccccc12.I. The number of H-pyrrole nitrogens is 1. The van der Waals surface area contributed by atoms with Gasteiger partial charge in [0.15, 0.2) is 11.8 Å². The molecule has 0 aliphatic heterocycles. The Bertz CT molecular complexity index is 909. The highest BCUT2D eigenvalue weighted by Gasteiger charge is 2.21. The van der Waals surface area contributed by atoms with Crippen molar-refractivity contribution in [3.8, 4) is 0 Å². The van der Waals surface area contributed by atoms with Crippen molar-refractivity contribution < 1.29 is 4.52 Å². The first-order valence-electron chi connectivity index (χ1n) is 9.37. The number of fused-ring (bicyclic) bond motifs is 1. The van der Waals surface area contributed by atoms with Gasteiger partial charge in [-0.05, 0) is 25.0 Å². The molecule has 0 spiro atoms. The van der Waals surface area contributed by atoms with Gasteiger partial charge in [0.2, 0.25) is 5.89 Å². The van der Waals surface area contributed by atoms with Crippen molar-refractivity contribution in [3.63, 3.8) is 0 Å². The van der Waals surface area contributed by atoms with E-state index in [1.54, 1.807) is 0 Å². The molecule has 2 heterocycles. The van der Waals surface area contributed by atoms with Gasteiger partial charge in [-0.15, -0.1) is 24.0 Å². The number of hydrogen-bond acceptors (Lipinski definition) is 4. The minimum atomic E-state index is -0.156. The zero-order valence-corrected chi connectivity index (χ0v) is 19.2. The molecule has 0 bridgehead atoms. The summed E-state index contributed by atoms with van der Waals surface area (Å²) in [5, 5.41) is 11.9. The number of nitrogens with one attached hydrogen (secondary N) is 3. The molecule has 3 N–H and O–H groups in total. The van der Waals surface area contributed by atoms with Crippen LogP contribution >= 0.6 is 24.0 Å². The van der Waals surface area contributed by atoms with E-state index in [4.69, 9.17) is 4.52 Å². The zero-order chi connectivity index (χ0) is 19.3. The van der Waals surface area contributed by atoms with Gasteiger partial charge in [0.25, 0.3) is 0 Å². The standard InChI is InChI=1S/C20H28N6O.HI/c1-5-21-19(24-13-17-25-18(27-26-17)20(2,3)4)22-11-10-14-12-23-16-9-7-6-8-15(14)16;/h6-9,12,23H,5,10-11,13H2,1-4H3,(H2,21,22,24);1H. The van der Waals surface area contributed by atoms with Gasteiger partial charge in [0.1, 0.15) is 6.54 Å². The van der Waals surface area contributed by atoms with Crippen LogP contribution in [0.25, 0.3) is 10.9 Å². The van der Waals surface area contributed by atoms with Gasteiger partial charge in [0, 0.05) is 35.6 Å². The Hall–Kier alpha value is -2.10. The highest BCUT2D eigenvalue weighted by Crippen LogP contribution is 2.20. The molecule has 0 saturated carbocycles. The van der Waals surface area contributed by atoms with Crippen LogP contribution in [0.5, 0.6) is 0 Å². The summed E-state index contributed by atoms with van der Waals surface area (Å²) in [6, 6.07) is 8.34. The lowest BCUT2D eigenvalue weighted by atomic mass is 9.97. The van der Waals surface area contributed by atoms with Crippen molar-refractivity contribution in [2.75, 3.05) is 13.1 Å². The van der Waals surface area contributed by atoms with Crippen molar-refractivity contribution in [1.82, 2.24) is 25.8 Å². The summed E-state index contributed by atoms with van der Waals surface area (Å²) in [6.45, 7) is 10.1. The molecule has 0 saturated heterocycles. The summed E-state index contributed by atoms with van der Waals surface area (Å²) in [4.78, 5) is 12.3. The molecule has 1 aromatic carbocycles. The average Bonchev–Trinajstić information content (AvgIpc) is 3.27. The lowest BCUT2D eigenvalue weighted by Crippen LogP contribution is -2.38. The molecule has 152 valence electrons. The van der Waals surface area contributed by atoms with Gasteiger partial charge >= 0.3 is 0 Å². The van der Waals surface area contributed by atoms with Crippen molar-refractivity contribution in [3.05, 3.63) is 47.7 Å². The van der Waals surface area contributed by atoms with Crippen LogP contribution in [0.4, 0.5) is 0 Å². The monoisotopic (exact) mass is 496 g/mol. The Morgan fingerprint density at radius 1 is 1.21 bits per heavy atom. The van der Waals surface area contributed by atoms with Crippen LogP contribution < -0.4 is 10.6 Å². The van der Waals surface area contributed by atoms with Crippen LogP contribution in [0.3, 0.4) is 0 Å². The number of benzene rings is 1. The summed E-state index contributed by atoms with van der Waals surface area (Å²) in [7, 11) is 0. The first-order valence-corrected chi connectivity index (χ1v) is 9.37. The summed E-state index contributed by atoms with van der Waals surface area (Å²) >= 11 is 0. The zero-order valence-electron chi connectivity index (χ0n) is 16.9. The lowest BCUT2D eigenvalue weighted by molar-refractivity contribution is 0.318. The molecule has 8 heteroatoms. The Morgan fingerprint density at radius 3 is 2.71 bits per heavy atom. The summed E-state index contributed by atoms with van der Waals surface area (Å²) in [6.07, 6.45) is 2.98. The molecule has 28 heavy (non-hydrogen) atoms. The Morgan fingerprint density at radius 2 is 2.00 bits per heavy atom. The fourth-order valence-electron chi connectivity index (χ4n) is 2.77. The van der Waals surface area contributed by atoms with Crippen molar-refractivity contribution in [2.24, 2.45) is 4.99 Å². The molecule has 0 radical (unpaired) electrons. The van der Waals surface area contributed by atoms with Crippen LogP contribution in [-0.4, -0.2) is 34.2 Å². The maximum atomic E-state index is 5.32. The Kier molecular flexibility index (Phi) is 7.85. The second-order valence-electron chi connectivity index (χ2n) is 7.50. The molecule has 2 aromatic heterocycles. The fourth-order valence-corrected chi connectivity index (χ4v) is 2.77. The van der Waals surface area contributed by atoms with Crippen molar-refractivity contribution >= 4 is 40.8 Å². The van der Waals surface area contributed by atoms with E-state index in [0.29, 0.717) is 18.3 Å². The molecule has 0 aliphatic rings. The predicted octanol–water partition coefficient (Wildman–Crippen LogP) is 3.76. The topological polar surface area (TPSA) is 91.1 Å². The fraction of sp³-hybridized carbons (Fsp3) is 0.450. The highest BCUT2D eigenvalue weighted by atomic mass is 127. The molecular formula is C20H29IN6O. The van der Waals surface area contributed by atoms with Crippen molar-refractivity contribution in [1.29, 1.82) is 0 Å². The number of aliphatic imine (C=N–C) groups is 1. The number of guanidine groups is 1. The van der Waals surface area contributed by atoms with Crippen molar-refractivity contribution in [2.45, 2.75) is 46.1 Å². The number of nitrogens with zero attached hydrogens (tertiary/aromatic N) is 3. The minimum absolute atomic E-state index is 0. The number of para-hydroxylation sites is 1.